The van der Waals surface area contributed by atoms with Crippen LogP contribution in [0.3, 0.4) is 0 Å². The number of rotatable bonds is 1. The molecule has 0 unspecified atom stereocenters. The fourth-order valence-electron chi connectivity index (χ4n) is 2.02. The summed E-state index contributed by atoms with van der Waals surface area (Å²) in [7, 11) is 0. The third kappa shape index (κ3) is 0.697. The van der Waals surface area contributed by atoms with Crippen molar-refractivity contribution in [3.8, 4) is 0 Å². The molecular weight excluding hydrogens is 114 g/mol. The Morgan fingerprint density at radius 1 is 1.44 bits per heavy atom. The highest BCUT2D eigenvalue weighted by Gasteiger charge is 2.38. The van der Waals surface area contributed by atoms with Crippen LogP contribution < -0.4 is 5.32 Å². The van der Waals surface area contributed by atoms with Gasteiger partial charge in [-0.3, -0.25) is 0 Å². The zero-order valence-electron chi connectivity index (χ0n) is 5.34. The molecule has 0 saturated carbocycles. The van der Waals surface area contributed by atoms with Crippen molar-refractivity contribution in [1.29, 1.82) is 0 Å². The Kier molecular flexibility index (Phi) is 1.09. The highest BCUT2D eigenvalue weighted by molar-refractivity contribution is 5.56. The predicted molar refractivity (Wildman–Crippen MR) is 34.1 cm³/mol. The van der Waals surface area contributed by atoms with Crippen LogP contribution >= 0.6 is 0 Å². The third-order valence-electron chi connectivity index (χ3n) is 2.52. The summed E-state index contributed by atoms with van der Waals surface area (Å²) in [5.74, 6) is 0.337. The molecule has 0 aromatic heterocycles. The van der Waals surface area contributed by atoms with Gasteiger partial charge in [-0.15, -0.1) is 0 Å². The first-order valence-corrected chi connectivity index (χ1v) is 3.61. The van der Waals surface area contributed by atoms with E-state index < -0.39 is 0 Å². The largest absolute Gasteiger partial charge is 0.310 e. The van der Waals surface area contributed by atoms with Crippen molar-refractivity contribution in [2.75, 3.05) is 0 Å². The summed E-state index contributed by atoms with van der Waals surface area (Å²) in [6.45, 7) is 0. The fourth-order valence-corrected chi connectivity index (χ4v) is 2.02. The minimum absolute atomic E-state index is 0.337. The van der Waals surface area contributed by atoms with Crippen molar-refractivity contribution in [2.45, 2.75) is 31.3 Å². The van der Waals surface area contributed by atoms with Crippen LogP contribution in [-0.2, 0) is 4.79 Å². The van der Waals surface area contributed by atoms with Gasteiger partial charge in [0, 0.05) is 18.0 Å². The number of hydrogen-bond donors (Lipinski definition) is 1. The second-order valence-corrected chi connectivity index (χ2v) is 3.08. The lowest BCUT2D eigenvalue weighted by Crippen LogP contribution is -2.23. The maximum Gasteiger partial charge on any atom is 0.124 e. The molecule has 9 heavy (non-hydrogen) atoms. The van der Waals surface area contributed by atoms with Gasteiger partial charge in [-0.2, -0.15) is 0 Å². The molecule has 2 heteroatoms. The molecule has 2 nitrogen and oxygen atoms in total. The average molecular weight is 125 g/mol. The monoisotopic (exact) mass is 125 g/mol. The lowest BCUT2D eigenvalue weighted by atomic mass is 9.91. The third-order valence-corrected chi connectivity index (χ3v) is 2.52. The van der Waals surface area contributed by atoms with Gasteiger partial charge >= 0.3 is 0 Å². The molecule has 2 heterocycles. The van der Waals surface area contributed by atoms with E-state index in [0.717, 1.165) is 12.7 Å². The summed E-state index contributed by atoms with van der Waals surface area (Å²) in [4.78, 5) is 10.4. The van der Waals surface area contributed by atoms with Gasteiger partial charge in [-0.05, 0) is 19.3 Å². The van der Waals surface area contributed by atoms with E-state index in [1.165, 1.54) is 12.8 Å². The Morgan fingerprint density at radius 2 is 2.33 bits per heavy atom. The van der Waals surface area contributed by atoms with Gasteiger partial charge in [0.2, 0.25) is 0 Å². The van der Waals surface area contributed by atoms with Gasteiger partial charge in [0.15, 0.2) is 0 Å². The lowest BCUT2D eigenvalue weighted by Gasteiger charge is -2.12. The first-order chi connectivity index (χ1) is 4.40. The molecule has 0 aliphatic carbocycles. The minimum atomic E-state index is 0.337. The molecule has 2 aliphatic rings. The maximum absolute atomic E-state index is 10.4. The normalized spacial score (nSPS) is 47.8. The van der Waals surface area contributed by atoms with E-state index in [0.29, 0.717) is 18.0 Å². The van der Waals surface area contributed by atoms with E-state index in [-0.39, 0.29) is 0 Å². The Balaban J connectivity index is 2.09. The summed E-state index contributed by atoms with van der Waals surface area (Å²) >= 11 is 0. The summed E-state index contributed by atoms with van der Waals surface area (Å²) < 4.78 is 0. The number of hydrogen-bond acceptors (Lipinski definition) is 2. The van der Waals surface area contributed by atoms with E-state index in [4.69, 9.17) is 0 Å². The van der Waals surface area contributed by atoms with Gasteiger partial charge in [-0.1, -0.05) is 0 Å². The minimum Gasteiger partial charge on any atom is -0.310 e. The molecule has 0 aromatic rings. The zero-order chi connectivity index (χ0) is 6.27. The first kappa shape index (κ1) is 5.42. The van der Waals surface area contributed by atoms with Crippen LogP contribution in [0.15, 0.2) is 0 Å². The SMILES string of the molecule is O=C[C@@H]1C[C@H]2CC[C@@H]1N2. The molecule has 2 rings (SSSR count). The van der Waals surface area contributed by atoms with Gasteiger partial charge < -0.3 is 10.1 Å². The zero-order valence-corrected chi connectivity index (χ0v) is 5.34. The fraction of sp³-hybridized carbons (Fsp3) is 0.857. The molecule has 2 fully saturated rings. The number of aldehydes is 1. The molecule has 0 radical (unpaired) electrons. The molecule has 2 aliphatic heterocycles. The van der Waals surface area contributed by atoms with E-state index in [2.05, 4.69) is 5.32 Å². The van der Waals surface area contributed by atoms with Gasteiger partial charge in [0.1, 0.15) is 6.29 Å². The standard InChI is InChI=1S/C7H11NO/c9-4-5-3-6-1-2-7(5)8-6/h4-8H,1-3H2/t5-,6+,7-/m0/s1. The van der Waals surface area contributed by atoms with E-state index in [9.17, 15) is 4.79 Å². The molecule has 2 saturated heterocycles. The summed E-state index contributed by atoms with van der Waals surface area (Å²) in [5.41, 5.74) is 0. The summed E-state index contributed by atoms with van der Waals surface area (Å²) in [6.07, 6.45) is 4.70. The van der Waals surface area contributed by atoms with E-state index in [1.807, 2.05) is 0 Å². The Labute approximate surface area is 54.6 Å². The van der Waals surface area contributed by atoms with E-state index in [1.54, 1.807) is 0 Å². The summed E-state index contributed by atoms with van der Waals surface area (Å²) in [6, 6.07) is 1.21. The molecule has 50 valence electrons. The lowest BCUT2D eigenvalue weighted by molar-refractivity contribution is -0.111. The van der Waals surface area contributed by atoms with Gasteiger partial charge in [0.05, 0.1) is 0 Å². The Bertz CT molecular complexity index is 135. The Hall–Kier alpha value is -0.370. The van der Waals surface area contributed by atoms with Crippen molar-refractivity contribution in [3.05, 3.63) is 0 Å². The molecular formula is C7H11NO. The Morgan fingerprint density at radius 3 is 2.67 bits per heavy atom. The van der Waals surface area contributed by atoms with Crippen molar-refractivity contribution >= 4 is 6.29 Å². The number of carbonyl (C=O) groups excluding carboxylic acids is 1. The van der Waals surface area contributed by atoms with Crippen LogP contribution in [0.5, 0.6) is 0 Å². The number of nitrogens with one attached hydrogen (secondary N) is 1. The van der Waals surface area contributed by atoms with Crippen molar-refractivity contribution in [2.24, 2.45) is 5.92 Å². The van der Waals surface area contributed by atoms with Crippen LogP contribution in [0.2, 0.25) is 0 Å². The highest BCUT2D eigenvalue weighted by Crippen LogP contribution is 2.31. The van der Waals surface area contributed by atoms with Crippen molar-refractivity contribution < 1.29 is 4.79 Å². The van der Waals surface area contributed by atoms with Crippen LogP contribution in [0.25, 0.3) is 0 Å². The van der Waals surface area contributed by atoms with Crippen molar-refractivity contribution in [1.82, 2.24) is 5.32 Å². The molecule has 2 bridgehead atoms. The number of carbonyl (C=O) groups is 1. The molecule has 1 N–H and O–H groups in total. The number of fused-ring (bicyclic) bond motifs is 2. The topological polar surface area (TPSA) is 29.1 Å². The second-order valence-electron chi connectivity index (χ2n) is 3.08. The van der Waals surface area contributed by atoms with Crippen LogP contribution in [0.4, 0.5) is 0 Å². The smallest absolute Gasteiger partial charge is 0.124 e. The van der Waals surface area contributed by atoms with Crippen LogP contribution in [0.1, 0.15) is 19.3 Å². The highest BCUT2D eigenvalue weighted by atomic mass is 16.1. The van der Waals surface area contributed by atoms with Crippen molar-refractivity contribution in [3.63, 3.8) is 0 Å². The van der Waals surface area contributed by atoms with Gasteiger partial charge in [0.25, 0.3) is 0 Å². The summed E-state index contributed by atoms with van der Waals surface area (Å²) in [5, 5.41) is 3.40. The van der Waals surface area contributed by atoms with Crippen LogP contribution in [-0.4, -0.2) is 18.4 Å². The van der Waals surface area contributed by atoms with Gasteiger partial charge in [-0.25, -0.2) is 0 Å². The van der Waals surface area contributed by atoms with E-state index >= 15 is 0 Å². The van der Waals surface area contributed by atoms with Crippen LogP contribution in [0, 0.1) is 5.92 Å². The molecule has 0 spiro atoms. The molecule has 3 atom stereocenters. The molecule has 0 amide bonds. The predicted octanol–water partition coefficient (Wildman–Crippen LogP) is 0.326. The quantitative estimate of drug-likeness (QED) is 0.511. The molecule has 0 aromatic carbocycles. The average Bonchev–Trinajstić information content (AvgIpc) is 2.45. The maximum atomic E-state index is 10.4. The first-order valence-electron chi connectivity index (χ1n) is 3.61. The second kappa shape index (κ2) is 1.81.